The van der Waals surface area contributed by atoms with Gasteiger partial charge in [-0.1, -0.05) is 31.9 Å². The van der Waals surface area contributed by atoms with Crippen molar-refractivity contribution in [2.45, 2.75) is 48.0 Å². The van der Waals surface area contributed by atoms with E-state index in [4.69, 9.17) is 0 Å². The fourth-order valence-electron chi connectivity index (χ4n) is 0. The largest absolute Gasteiger partial charge is 0.100 e. The molecule has 0 bridgehead atoms. The van der Waals surface area contributed by atoms with Gasteiger partial charge in [0.15, 0.2) is 0 Å². The van der Waals surface area contributed by atoms with Gasteiger partial charge in [-0.25, -0.2) is 0 Å². The molecule has 0 nitrogen and oxygen atoms in total. The molecule has 0 radical (unpaired) electrons. The van der Waals surface area contributed by atoms with Crippen LogP contribution in [0.15, 0.2) is 24.3 Å². The third-order valence-electron chi connectivity index (χ3n) is 0.604. The van der Waals surface area contributed by atoms with Gasteiger partial charge in [-0.05, 0) is 27.2 Å². The van der Waals surface area contributed by atoms with Crippen LogP contribution < -0.4 is 0 Å². The van der Waals surface area contributed by atoms with Gasteiger partial charge in [-0.15, -0.1) is 13.2 Å². The Balaban J connectivity index is -0.0000000965. The van der Waals surface area contributed by atoms with E-state index < -0.39 is 0 Å². The van der Waals surface area contributed by atoms with E-state index in [9.17, 15) is 0 Å². The van der Waals surface area contributed by atoms with Crippen LogP contribution in [0.1, 0.15) is 48.0 Å². The average molecular weight is 156 g/mol. The van der Waals surface area contributed by atoms with Gasteiger partial charge in [-0.3, -0.25) is 0 Å². The highest BCUT2D eigenvalue weighted by atomic mass is 13.7. The lowest BCUT2D eigenvalue weighted by Gasteiger charge is -1.79. The minimum absolute atomic E-state index is 1.11. The summed E-state index contributed by atoms with van der Waals surface area (Å²) in [6.45, 7) is 19.3. The van der Waals surface area contributed by atoms with Crippen LogP contribution in [0, 0.1) is 0 Å². The van der Waals surface area contributed by atoms with Crippen LogP contribution in [-0.2, 0) is 0 Å². The molecule has 0 fully saturated rings. The standard InChI is InChI=1S/C5H10.C4H8.C2H6/c1-4-5(2)3;1-4(2)3;1-2/h2,4H2,1,3H3;1H2,2-3H3;1-2H3. The van der Waals surface area contributed by atoms with Crippen LogP contribution in [0.4, 0.5) is 0 Å². The highest BCUT2D eigenvalue weighted by Crippen LogP contribution is 1.88. The second-order valence-electron chi connectivity index (χ2n) is 2.52. The molecule has 0 aliphatic rings. The predicted octanol–water partition coefficient (Wildman–Crippen LogP) is 4.58. The van der Waals surface area contributed by atoms with E-state index in [1.54, 1.807) is 0 Å². The van der Waals surface area contributed by atoms with Crippen LogP contribution in [0.2, 0.25) is 0 Å². The molecule has 0 spiro atoms. The number of hydrogen-bond donors (Lipinski definition) is 0. The van der Waals surface area contributed by atoms with Crippen molar-refractivity contribution in [2.75, 3.05) is 0 Å². The molecule has 0 aromatic rings. The lowest BCUT2D eigenvalue weighted by molar-refractivity contribution is 1.11. The first kappa shape index (κ1) is 16.8. The molecule has 0 rings (SSSR count). The summed E-state index contributed by atoms with van der Waals surface area (Å²) in [7, 11) is 0. The topological polar surface area (TPSA) is 0 Å². The van der Waals surface area contributed by atoms with Crippen molar-refractivity contribution in [3.63, 3.8) is 0 Å². The Kier molecular flexibility index (Phi) is 24.8. The Hall–Kier alpha value is -0.520. The molecule has 0 heteroatoms. The van der Waals surface area contributed by atoms with Crippen LogP contribution in [-0.4, -0.2) is 0 Å². The maximum Gasteiger partial charge on any atom is -0.0354 e. The lowest BCUT2D eigenvalue weighted by atomic mass is 10.3. The molecule has 0 atom stereocenters. The molecule has 0 amide bonds. The van der Waals surface area contributed by atoms with Crippen molar-refractivity contribution in [1.29, 1.82) is 0 Å². The first-order valence-corrected chi connectivity index (χ1v) is 4.27. The van der Waals surface area contributed by atoms with Gasteiger partial charge < -0.3 is 0 Å². The van der Waals surface area contributed by atoms with E-state index >= 15 is 0 Å². The first-order valence-electron chi connectivity index (χ1n) is 4.27. The Morgan fingerprint density at radius 1 is 1.00 bits per heavy atom. The van der Waals surface area contributed by atoms with Crippen molar-refractivity contribution in [2.24, 2.45) is 0 Å². The molecular weight excluding hydrogens is 132 g/mol. The van der Waals surface area contributed by atoms with Gasteiger partial charge in [0, 0.05) is 0 Å². The molecule has 0 aliphatic heterocycles. The highest BCUT2D eigenvalue weighted by molar-refractivity contribution is 4.84. The highest BCUT2D eigenvalue weighted by Gasteiger charge is 1.67. The van der Waals surface area contributed by atoms with E-state index in [2.05, 4.69) is 20.1 Å². The molecule has 0 aromatic carbocycles. The van der Waals surface area contributed by atoms with Crippen LogP contribution >= 0.6 is 0 Å². The number of rotatable bonds is 1. The molecule has 0 unspecified atom stereocenters. The zero-order chi connectivity index (χ0) is 9.86. The average Bonchev–Trinajstić information content (AvgIpc) is 1.91. The Morgan fingerprint density at radius 3 is 1.09 bits per heavy atom. The predicted molar refractivity (Wildman–Crippen MR) is 56.9 cm³/mol. The zero-order valence-electron chi connectivity index (χ0n) is 9.12. The summed E-state index contributed by atoms with van der Waals surface area (Å²) in [5.41, 5.74) is 2.42. The normalized spacial score (nSPS) is 6.36. The molecule has 11 heavy (non-hydrogen) atoms. The minimum atomic E-state index is 1.11. The van der Waals surface area contributed by atoms with Crippen molar-refractivity contribution < 1.29 is 0 Å². The summed E-state index contributed by atoms with van der Waals surface area (Å²) in [4.78, 5) is 0. The molecule has 0 N–H and O–H groups in total. The van der Waals surface area contributed by atoms with E-state index in [1.807, 2.05) is 34.6 Å². The maximum absolute atomic E-state index is 3.67. The van der Waals surface area contributed by atoms with Crippen LogP contribution in [0.3, 0.4) is 0 Å². The Bertz CT molecular complexity index is 84.2. The smallest absolute Gasteiger partial charge is 0.0354 e. The van der Waals surface area contributed by atoms with Crippen LogP contribution in [0.25, 0.3) is 0 Å². The Labute approximate surface area is 73.0 Å². The van der Waals surface area contributed by atoms with Gasteiger partial charge >= 0.3 is 0 Å². The van der Waals surface area contributed by atoms with Gasteiger partial charge in [0.1, 0.15) is 0 Å². The summed E-state index contributed by atoms with van der Waals surface area (Å²) in [6, 6.07) is 0. The summed E-state index contributed by atoms with van der Waals surface area (Å²) in [5.74, 6) is 0. The summed E-state index contributed by atoms with van der Waals surface area (Å²) in [6.07, 6.45) is 1.11. The fraction of sp³-hybridized carbons (Fsp3) is 0.636. The van der Waals surface area contributed by atoms with E-state index in [0.717, 1.165) is 6.42 Å². The van der Waals surface area contributed by atoms with Crippen LogP contribution in [0.5, 0.6) is 0 Å². The summed E-state index contributed by atoms with van der Waals surface area (Å²) >= 11 is 0. The van der Waals surface area contributed by atoms with Crippen molar-refractivity contribution >= 4 is 0 Å². The zero-order valence-corrected chi connectivity index (χ0v) is 9.12. The second-order valence-corrected chi connectivity index (χ2v) is 2.52. The minimum Gasteiger partial charge on any atom is -0.100 e. The molecule has 0 aliphatic carbocycles. The number of allylic oxidation sites excluding steroid dienone is 2. The first-order chi connectivity index (χ1) is 5.00. The maximum atomic E-state index is 3.67. The van der Waals surface area contributed by atoms with Crippen molar-refractivity contribution in [3.05, 3.63) is 24.3 Å². The number of hydrogen-bond acceptors (Lipinski definition) is 0. The van der Waals surface area contributed by atoms with Gasteiger partial charge in [-0.2, -0.15) is 0 Å². The Morgan fingerprint density at radius 2 is 1.09 bits per heavy atom. The van der Waals surface area contributed by atoms with Gasteiger partial charge in [0.05, 0.1) is 0 Å². The third-order valence-corrected chi connectivity index (χ3v) is 0.604. The monoisotopic (exact) mass is 156 g/mol. The molecule has 68 valence electrons. The lowest BCUT2D eigenvalue weighted by Crippen LogP contribution is -1.58. The molecule has 0 saturated carbocycles. The SMILES string of the molecule is C=C(C)C.C=C(C)CC.CC. The summed E-state index contributed by atoms with van der Waals surface area (Å²) in [5, 5.41) is 0. The second kappa shape index (κ2) is 16.2. The quantitative estimate of drug-likeness (QED) is 0.487. The van der Waals surface area contributed by atoms with Crippen molar-refractivity contribution in [1.82, 2.24) is 0 Å². The van der Waals surface area contributed by atoms with Gasteiger partial charge in [0.25, 0.3) is 0 Å². The fourth-order valence-corrected chi connectivity index (χ4v) is 0. The molecular formula is C11H24. The molecule has 0 heterocycles. The van der Waals surface area contributed by atoms with E-state index in [-0.39, 0.29) is 0 Å². The molecule has 0 aromatic heterocycles. The van der Waals surface area contributed by atoms with Crippen molar-refractivity contribution in [3.8, 4) is 0 Å². The molecule has 0 saturated heterocycles. The van der Waals surface area contributed by atoms with E-state index in [1.165, 1.54) is 11.1 Å². The van der Waals surface area contributed by atoms with Gasteiger partial charge in [0.2, 0.25) is 0 Å². The van der Waals surface area contributed by atoms with E-state index in [0.29, 0.717) is 0 Å². The third kappa shape index (κ3) is 242. The summed E-state index contributed by atoms with van der Waals surface area (Å²) < 4.78 is 0.